The molecule has 10 heteroatoms. The predicted molar refractivity (Wildman–Crippen MR) is 106 cm³/mol. The highest BCUT2D eigenvalue weighted by molar-refractivity contribution is 7.90. The standard InChI is InChI=1S/C19H17ClF3N3O2S/c20-12-9-15(25-7-5-24-6-8-25)18-13(19(22)23)11-26(16(18)10-12)29(27,28)17-4-2-1-3-14(17)21/h1-4,9-11,19,24H,5-8H2. The van der Waals surface area contributed by atoms with Gasteiger partial charge in [0.15, 0.2) is 0 Å². The van der Waals surface area contributed by atoms with Crippen molar-refractivity contribution in [2.45, 2.75) is 11.3 Å². The van der Waals surface area contributed by atoms with Crippen molar-refractivity contribution in [3.8, 4) is 0 Å². The quantitative estimate of drug-likeness (QED) is 0.661. The minimum atomic E-state index is -4.45. The number of hydrogen-bond acceptors (Lipinski definition) is 4. The summed E-state index contributed by atoms with van der Waals surface area (Å²) >= 11 is 6.22. The molecule has 29 heavy (non-hydrogen) atoms. The molecule has 1 fully saturated rings. The second-order valence-corrected chi connectivity index (χ2v) is 8.89. The van der Waals surface area contributed by atoms with Crippen LogP contribution in [0.25, 0.3) is 10.9 Å². The topological polar surface area (TPSA) is 54.3 Å². The molecule has 0 aliphatic carbocycles. The van der Waals surface area contributed by atoms with E-state index >= 15 is 0 Å². The van der Waals surface area contributed by atoms with Gasteiger partial charge in [0, 0.05) is 54.0 Å². The first-order valence-corrected chi connectivity index (χ1v) is 10.7. The van der Waals surface area contributed by atoms with Crippen molar-refractivity contribution in [2.75, 3.05) is 31.1 Å². The Morgan fingerprint density at radius 2 is 1.79 bits per heavy atom. The Kier molecular flexibility index (Phi) is 5.22. The van der Waals surface area contributed by atoms with E-state index in [9.17, 15) is 21.6 Å². The number of nitrogens with one attached hydrogen (secondary N) is 1. The Balaban J connectivity index is 2.02. The number of alkyl halides is 2. The summed E-state index contributed by atoms with van der Waals surface area (Å²) < 4.78 is 68.9. The third kappa shape index (κ3) is 3.47. The number of hydrogen-bond donors (Lipinski definition) is 1. The third-order valence-electron chi connectivity index (χ3n) is 4.91. The summed E-state index contributed by atoms with van der Waals surface area (Å²) in [5, 5.41) is 3.48. The highest BCUT2D eigenvalue weighted by Crippen LogP contribution is 2.40. The molecule has 1 aliphatic heterocycles. The Morgan fingerprint density at radius 1 is 1.10 bits per heavy atom. The van der Waals surface area contributed by atoms with E-state index in [1.807, 2.05) is 4.90 Å². The summed E-state index contributed by atoms with van der Waals surface area (Å²) in [5.74, 6) is -0.961. The van der Waals surface area contributed by atoms with E-state index in [1.165, 1.54) is 18.2 Å². The summed E-state index contributed by atoms with van der Waals surface area (Å²) in [6.07, 6.45) is -2.06. The zero-order valence-corrected chi connectivity index (χ0v) is 16.7. The van der Waals surface area contributed by atoms with Gasteiger partial charge in [-0.1, -0.05) is 23.7 Å². The van der Waals surface area contributed by atoms with Gasteiger partial charge in [-0.25, -0.2) is 25.6 Å². The fraction of sp³-hybridized carbons (Fsp3) is 0.263. The van der Waals surface area contributed by atoms with E-state index in [0.717, 1.165) is 18.3 Å². The lowest BCUT2D eigenvalue weighted by Gasteiger charge is -2.30. The maximum Gasteiger partial charge on any atom is 0.271 e. The van der Waals surface area contributed by atoms with Gasteiger partial charge in [0.2, 0.25) is 0 Å². The molecule has 4 rings (SSSR count). The lowest BCUT2D eigenvalue weighted by atomic mass is 10.1. The molecule has 1 saturated heterocycles. The van der Waals surface area contributed by atoms with Crippen molar-refractivity contribution in [2.24, 2.45) is 0 Å². The zero-order chi connectivity index (χ0) is 20.8. The van der Waals surface area contributed by atoms with Crippen LogP contribution in [0.3, 0.4) is 0 Å². The number of anilines is 1. The summed E-state index contributed by atoms with van der Waals surface area (Å²) in [7, 11) is -4.45. The van der Waals surface area contributed by atoms with Gasteiger partial charge in [-0.3, -0.25) is 0 Å². The van der Waals surface area contributed by atoms with Crippen molar-refractivity contribution in [3.63, 3.8) is 0 Å². The molecule has 1 N–H and O–H groups in total. The number of nitrogens with zero attached hydrogens (tertiary/aromatic N) is 2. The fourth-order valence-electron chi connectivity index (χ4n) is 3.59. The van der Waals surface area contributed by atoms with E-state index in [4.69, 9.17) is 11.6 Å². The van der Waals surface area contributed by atoms with Crippen LogP contribution in [0.5, 0.6) is 0 Å². The van der Waals surface area contributed by atoms with Crippen molar-refractivity contribution in [3.05, 3.63) is 59.0 Å². The first-order chi connectivity index (χ1) is 13.8. The molecule has 0 radical (unpaired) electrons. The van der Waals surface area contributed by atoms with Gasteiger partial charge in [-0.2, -0.15) is 0 Å². The molecular formula is C19H17ClF3N3O2S. The Labute approximate surface area is 170 Å². The number of benzene rings is 2. The lowest BCUT2D eigenvalue weighted by Crippen LogP contribution is -2.43. The molecule has 2 heterocycles. The number of halogens is 4. The van der Waals surface area contributed by atoms with E-state index in [0.29, 0.717) is 35.8 Å². The normalized spacial score (nSPS) is 15.4. The molecule has 0 amide bonds. The first kappa shape index (κ1) is 20.1. The summed E-state index contributed by atoms with van der Waals surface area (Å²) in [4.78, 5) is 1.29. The van der Waals surface area contributed by atoms with Gasteiger partial charge in [0.25, 0.3) is 16.4 Å². The fourth-order valence-corrected chi connectivity index (χ4v) is 5.23. The third-order valence-corrected chi connectivity index (χ3v) is 6.84. The zero-order valence-electron chi connectivity index (χ0n) is 15.1. The second kappa shape index (κ2) is 7.55. The Bertz CT molecular complexity index is 1170. The molecular weight excluding hydrogens is 427 g/mol. The average Bonchev–Trinajstić information content (AvgIpc) is 3.08. The molecule has 0 saturated carbocycles. The summed E-state index contributed by atoms with van der Waals surface area (Å²) in [6, 6.07) is 7.70. The molecule has 0 unspecified atom stereocenters. The van der Waals surface area contributed by atoms with Gasteiger partial charge < -0.3 is 10.2 Å². The maximum atomic E-state index is 14.2. The minimum Gasteiger partial charge on any atom is -0.368 e. The van der Waals surface area contributed by atoms with E-state index in [1.54, 1.807) is 6.07 Å². The molecule has 0 spiro atoms. The van der Waals surface area contributed by atoms with Gasteiger partial charge in [0.05, 0.1) is 5.52 Å². The predicted octanol–water partition coefficient (Wildman–Crippen LogP) is 4.02. The smallest absolute Gasteiger partial charge is 0.271 e. The molecule has 1 aromatic heterocycles. The van der Waals surface area contributed by atoms with Gasteiger partial charge >= 0.3 is 0 Å². The highest BCUT2D eigenvalue weighted by atomic mass is 35.5. The Hall–Kier alpha value is -2.23. The Morgan fingerprint density at radius 3 is 2.45 bits per heavy atom. The van der Waals surface area contributed by atoms with Crippen LogP contribution in [0.4, 0.5) is 18.9 Å². The number of rotatable bonds is 4. The van der Waals surface area contributed by atoms with E-state index < -0.39 is 32.7 Å². The van der Waals surface area contributed by atoms with Crippen LogP contribution in [-0.4, -0.2) is 38.6 Å². The number of piperazine rings is 1. The monoisotopic (exact) mass is 443 g/mol. The van der Waals surface area contributed by atoms with Gasteiger partial charge in [0.1, 0.15) is 10.7 Å². The van der Waals surface area contributed by atoms with Crippen molar-refractivity contribution >= 4 is 38.2 Å². The van der Waals surface area contributed by atoms with Crippen LogP contribution in [-0.2, 0) is 10.0 Å². The summed E-state index contributed by atoms with van der Waals surface area (Å²) in [6.45, 7) is 2.44. The van der Waals surface area contributed by atoms with Crippen LogP contribution in [0.2, 0.25) is 5.02 Å². The van der Waals surface area contributed by atoms with Crippen LogP contribution in [0.1, 0.15) is 12.0 Å². The van der Waals surface area contributed by atoms with Crippen LogP contribution in [0, 0.1) is 5.82 Å². The summed E-state index contributed by atoms with van der Waals surface area (Å²) in [5.41, 5.74) is -0.0125. The average molecular weight is 444 g/mol. The molecule has 154 valence electrons. The van der Waals surface area contributed by atoms with Crippen molar-refractivity contribution in [1.82, 2.24) is 9.29 Å². The van der Waals surface area contributed by atoms with Crippen molar-refractivity contribution < 1.29 is 21.6 Å². The SMILES string of the molecule is O=S(=O)(c1ccccc1F)n1cc(C(F)F)c2c(N3CCNCC3)cc(Cl)cc21. The van der Waals surface area contributed by atoms with Gasteiger partial charge in [-0.15, -0.1) is 0 Å². The van der Waals surface area contributed by atoms with E-state index in [2.05, 4.69) is 5.32 Å². The largest absolute Gasteiger partial charge is 0.368 e. The molecule has 3 aromatic rings. The number of aromatic nitrogens is 1. The molecule has 0 atom stereocenters. The first-order valence-electron chi connectivity index (χ1n) is 8.89. The highest BCUT2D eigenvalue weighted by Gasteiger charge is 2.29. The van der Waals surface area contributed by atoms with Crippen molar-refractivity contribution in [1.29, 1.82) is 0 Å². The van der Waals surface area contributed by atoms with Crippen LogP contribution in [0.15, 0.2) is 47.5 Å². The molecule has 5 nitrogen and oxygen atoms in total. The lowest BCUT2D eigenvalue weighted by molar-refractivity contribution is 0.153. The molecule has 2 aromatic carbocycles. The molecule has 0 bridgehead atoms. The molecule has 1 aliphatic rings. The number of fused-ring (bicyclic) bond motifs is 1. The van der Waals surface area contributed by atoms with E-state index in [-0.39, 0.29) is 15.9 Å². The minimum absolute atomic E-state index is 0.00964. The van der Waals surface area contributed by atoms with Gasteiger partial charge in [-0.05, 0) is 24.3 Å². The van der Waals surface area contributed by atoms with Crippen LogP contribution >= 0.6 is 11.6 Å². The maximum absolute atomic E-state index is 14.2. The second-order valence-electron chi connectivity index (χ2n) is 6.67. The van der Waals surface area contributed by atoms with Crippen LogP contribution < -0.4 is 10.2 Å².